The van der Waals surface area contributed by atoms with E-state index >= 15 is 0 Å². The largest absolute Gasteiger partial charge is 0.497 e. The summed E-state index contributed by atoms with van der Waals surface area (Å²) in [6, 6.07) is 22.2. The van der Waals surface area contributed by atoms with Crippen LogP contribution < -0.4 is 10.1 Å². The monoisotopic (exact) mass is 418 g/mol. The number of benzene rings is 3. The summed E-state index contributed by atoms with van der Waals surface area (Å²) in [7, 11) is 1.57. The number of rotatable bonds is 5. The number of aromatic nitrogens is 3. The fourth-order valence-corrected chi connectivity index (χ4v) is 3.22. The van der Waals surface area contributed by atoms with Gasteiger partial charge in [0, 0.05) is 22.3 Å². The van der Waals surface area contributed by atoms with Crippen molar-refractivity contribution in [3.05, 3.63) is 89.2 Å². The van der Waals surface area contributed by atoms with Crippen LogP contribution >= 0.6 is 11.6 Å². The van der Waals surface area contributed by atoms with Crippen molar-refractivity contribution in [1.29, 1.82) is 0 Å². The molecule has 150 valence electrons. The Balaban J connectivity index is 1.77. The van der Waals surface area contributed by atoms with Crippen molar-refractivity contribution in [1.82, 2.24) is 14.8 Å². The molecule has 1 aromatic heterocycles. The van der Waals surface area contributed by atoms with Gasteiger partial charge in [-0.05, 0) is 36.8 Å². The molecule has 30 heavy (non-hydrogen) atoms. The molecular weight excluding hydrogens is 400 g/mol. The number of carbonyl (C=O) groups excluding carboxylic acids is 1. The van der Waals surface area contributed by atoms with E-state index < -0.39 is 5.91 Å². The predicted molar refractivity (Wildman–Crippen MR) is 117 cm³/mol. The Bertz CT molecular complexity index is 1210. The van der Waals surface area contributed by atoms with Crippen LogP contribution in [0, 0.1) is 6.92 Å². The van der Waals surface area contributed by atoms with E-state index in [1.165, 1.54) is 0 Å². The molecule has 0 fully saturated rings. The predicted octanol–water partition coefficient (Wildman–Crippen LogP) is 5.16. The van der Waals surface area contributed by atoms with Crippen LogP contribution in [0.1, 0.15) is 16.2 Å². The van der Waals surface area contributed by atoms with Crippen LogP contribution in [0.3, 0.4) is 0 Å². The average Bonchev–Trinajstić information content (AvgIpc) is 3.21. The van der Waals surface area contributed by atoms with E-state index in [0.29, 0.717) is 22.3 Å². The summed E-state index contributed by atoms with van der Waals surface area (Å²) in [6.45, 7) is 1.96. The maximum atomic E-state index is 12.9. The first kappa shape index (κ1) is 19.7. The molecule has 1 amide bonds. The van der Waals surface area contributed by atoms with Crippen molar-refractivity contribution in [2.75, 3.05) is 12.4 Å². The molecule has 0 spiro atoms. The minimum Gasteiger partial charge on any atom is -0.497 e. The molecular formula is C23H19ClN4O2. The van der Waals surface area contributed by atoms with Crippen LogP contribution in [0.2, 0.25) is 5.02 Å². The lowest BCUT2D eigenvalue weighted by atomic mass is 10.2. The first-order valence-electron chi connectivity index (χ1n) is 9.29. The Labute approximate surface area is 179 Å². The average molecular weight is 419 g/mol. The van der Waals surface area contributed by atoms with E-state index in [9.17, 15) is 4.79 Å². The molecule has 0 radical (unpaired) electrons. The zero-order valence-electron chi connectivity index (χ0n) is 16.5. The van der Waals surface area contributed by atoms with Gasteiger partial charge in [-0.15, -0.1) is 5.10 Å². The van der Waals surface area contributed by atoms with Gasteiger partial charge in [-0.25, -0.2) is 9.67 Å². The highest BCUT2D eigenvalue weighted by Gasteiger charge is 2.20. The fourth-order valence-electron chi connectivity index (χ4n) is 3.05. The molecule has 1 N–H and O–H groups in total. The summed E-state index contributed by atoms with van der Waals surface area (Å²) < 4.78 is 6.86. The Morgan fingerprint density at radius 1 is 1.03 bits per heavy atom. The second-order valence-corrected chi connectivity index (χ2v) is 7.09. The third-order valence-corrected chi connectivity index (χ3v) is 4.80. The fraction of sp³-hybridized carbons (Fsp3) is 0.0870. The van der Waals surface area contributed by atoms with Gasteiger partial charge in [-0.3, -0.25) is 4.79 Å². The minimum absolute atomic E-state index is 0.0519. The number of nitrogens with zero attached hydrogens (tertiary/aromatic N) is 3. The summed E-state index contributed by atoms with van der Waals surface area (Å²) in [5.74, 6) is 0.831. The third kappa shape index (κ3) is 4.04. The Hall–Kier alpha value is -3.64. The van der Waals surface area contributed by atoms with E-state index in [1.54, 1.807) is 36.1 Å². The minimum atomic E-state index is -0.418. The molecule has 4 rings (SSSR count). The first-order valence-corrected chi connectivity index (χ1v) is 9.67. The Morgan fingerprint density at radius 2 is 1.83 bits per heavy atom. The second kappa shape index (κ2) is 8.39. The number of anilines is 1. The van der Waals surface area contributed by atoms with Crippen LogP contribution in [-0.2, 0) is 0 Å². The number of amides is 1. The molecule has 6 nitrogen and oxygen atoms in total. The van der Waals surface area contributed by atoms with Gasteiger partial charge in [0.2, 0.25) is 5.82 Å². The summed E-state index contributed by atoms with van der Waals surface area (Å²) in [4.78, 5) is 17.4. The van der Waals surface area contributed by atoms with Crippen molar-refractivity contribution in [2.24, 2.45) is 0 Å². The van der Waals surface area contributed by atoms with Gasteiger partial charge in [0.05, 0.1) is 12.8 Å². The highest BCUT2D eigenvalue weighted by atomic mass is 35.5. The molecule has 0 saturated heterocycles. The first-order chi connectivity index (χ1) is 14.5. The number of halogens is 1. The number of ether oxygens (including phenoxy) is 1. The van der Waals surface area contributed by atoms with Gasteiger partial charge in [-0.2, -0.15) is 0 Å². The van der Waals surface area contributed by atoms with E-state index in [4.69, 9.17) is 16.3 Å². The van der Waals surface area contributed by atoms with Gasteiger partial charge in [0.25, 0.3) is 5.91 Å². The van der Waals surface area contributed by atoms with Gasteiger partial charge in [-0.1, -0.05) is 54.1 Å². The number of methoxy groups -OCH3 is 1. The molecule has 0 unspecified atom stereocenters. The number of aryl methyl sites for hydroxylation is 1. The van der Waals surface area contributed by atoms with Crippen LogP contribution in [0.5, 0.6) is 5.75 Å². The lowest BCUT2D eigenvalue weighted by Gasteiger charge is -2.09. The van der Waals surface area contributed by atoms with E-state index in [1.807, 2.05) is 55.5 Å². The Kier molecular flexibility index (Phi) is 5.50. The number of carbonyl (C=O) groups is 1. The normalized spacial score (nSPS) is 10.6. The standard InChI is InChI=1S/C23H19ClN4O2/c1-15-11-12-17(24)13-20(15)28-22(16-7-4-3-5-8-16)26-21(27-28)23(29)25-18-9-6-10-19(14-18)30-2/h3-14H,1-2H3,(H,25,29). The zero-order valence-corrected chi connectivity index (χ0v) is 17.2. The molecule has 0 aliphatic heterocycles. The smallest absolute Gasteiger partial charge is 0.295 e. The quantitative estimate of drug-likeness (QED) is 0.486. The molecule has 4 aromatic rings. The highest BCUT2D eigenvalue weighted by molar-refractivity contribution is 6.30. The van der Waals surface area contributed by atoms with Crippen LogP contribution in [-0.4, -0.2) is 27.8 Å². The summed E-state index contributed by atoms with van der Waals surface area (Å²) in [5.41, 5.74) is 3.15. The maximum absolute atomic E-state index is 12.9. The topological polar surface area (TPSA) is 69.0 Å². The van der Waals surface area contributed by atoms with Gasteiger partial charge in [0.1, 0.15) is 5.75 Å². The highest BCUT2D eigenvalue weighted by Crippen LogP contribution is 2.26. The van der Waals surface area contributed by atoms with Crippen LogP contribution in [0.4, 0.5) is 5.69 Å². The van der Waals surface area contributed by atoms with Gasteiger partial charge < -0.3 is 10.1 Å². The Morgan fingerprint density at radius 3 is 2.60 bits per heavy atom. The maximum Gasteiger partial charge on any atom is 0.295 e. The molecule has 0 bridgehead atoms. The molecule has 3 aromatic carbocycles. The van der Waals surface area contributed by atoms with Crippen molar-refractivity contribution in [3.8, 4) is 22.8 Å². The molecule has 0 aliphatic carbocycles. The molecule has 0 aliphatic rings. The van der Waals surface area contributed by atoms with Crippen molar-refractivity contribution in [2.45, 2.75) is 6.92 Å². The van der Waals surface area contributed by atoms with E-state index in [0.717, 1.165) is 16.8 Å². The van der Waals surface area contributed by atoms with Crippen molar-refractivity contribution >= 4 is 23.2 Å². The van der Waals surface area contributed by atoms with Crippen LogP contribution in [0.15, 0.2) is 72.8 Å². The summed E-state index contributed by atoms with van der Waals surface area (Å²) >= 11 is 6.22. The lowest BCUT2D eigenvalue weighted by Crippen LogP contribution is -2.14. The lowest BCUT2D eigenvalue weighted by molar-refractivity contribution is 0.101. The molecule has 7 heteroatoms. The number of hydrogen-bond donors (Lipinski definition) is 1. The van der Waals surface area contributed by atoms with E-state index in [-0.39, 0.29) is 5.82 Å². The number of hydrogen-bond acceptors (Lipinski definition) is 4. The molecule has 0 atom stereocenters. The van der Waals surface area contributed by atoms with Crippen molar-refractivity contribution in [3.63, 3.8) is 0 Å². The SMILES string of the molecule is COc1cccc(NC(=O)c2nc(-c3ccccc3)n(-c3cc(Cl)ccc3C)n2)c1. The summed E-state index contributed by atoms with van der Waals surface area (Å²) in [5, 5.41) is 7.90. The van der Waals surface area contributed by atoms with Gasteiger partial charge >= 0.3 is 0 Å². The molecule has 0 saturated carbocycles. The molecule has 1 heterocycles. The second-order valence-electron chi connectivity index (χ2n) is 6.65. The van der Waals surface area contributed by atoms with E-state index in [2.05, 4.69) is 15.4 Å². The van der Waals surface area contributed by atoms with Crippen molar-refractivity contribution < 1.29 is 9.53 Å². The van der Waals surface area contributed by atoms with Crippen LogP contribution in [0.25, 0.3) is 17.1 Å². The zero-order chi connectivity index (χ0) is 21.1. The summed E-state index contributed by atoms with van der Waals surface area (Å²) in [6.07, 6.45) is 0. The number of nitrogens with one attached hydrogen (secondary N) is 1. The third-order valence-electron chi connectivity index (χ3n) is 4.57. The van der Waals surface area contributed by atoms with Gasteiger partial charge in [0.15, 0.2) is 5.82 Å².